The molecule has 0 aromatic heterocycles. The zero-order chi connectivity index (χ0) is 15.5. The molecule has 1 amide bonds. The number of hydrogen-bond acceptors (Lipinski definition) is 3. The Morgan fingerprint density at radius 3 is 3.00 bits per heavy atom. The van der Waals surface area contributed by atoms with Crippen molar-refractivity contribution < 1.29 is 14.3 Å². The third-order valence-corrected chi connectivity index (χ3v) is 5.08. The zero-order valence-corrected chi connectivity index (χ0v) is 13.6. The lowest BCUT2D eigenvalue weighted by molar-refractivity contribution is -0.143. The predicted octanol–water partition coefficient (Wildman–Crippen LogP) is 2.68. The topological polar surface area (TPSA) is 38.8 Å². The molecule has 0 bridgehead atoms. The fourth-order valence-electron chi connectivity index (χ4n) is 3.53. The molecule has 3 atom stereocenters. The molecule has 1 aromatic rings. The van der Waals surface area contributed by atoms with Gasteiger partial charge in [-0.15, -0.1) is 0 Å². The Kier molecular flexibility index (Phi) is 5.01. The number of methoxy groups -OCH3 is 1. The fraction of sp³-hybridized carbons (Fsp3) is 0.588. The van der Waals surface area contributed by atoms with Crippen LogP contribution < -0.4 is 0 Å². The van der Waals surface area contributed by atoms with E-state index in [1.54, 1.807) is 7.11 Å². The van der Waals surface area contributed by atoms with E-state index in [4.69, 9.17) is 21.1 Å². The number of aryl methyl sites for hydroxylation is 1. The molecule has 0 saturated carbocycles. The van der Waals surface area contributed by atoms with Crippen LogP contribution in [0.2, 0.25) is 5.02 Å². The molecule has 22 heavy (non-hydrogen) atoms. The summed E-state index contributed by atoms with van der Waals surface area (Å²) in [6.45, 7) is 1.47. The van der Waals surface area contributed by atoms with Gasteiger partial charge in [-0.2, -0.15) is 0 Å². The summed E-state index contributed by atoms with van der Waals surface area (Å²) < 4.78 is 11.3. The largest absolute Gasteiger partial charge is 0.379 e. The van der Waals surface area contributed by atoms with Crippen molar-refractivity contribution in [2.24, 2.45) is 0 Å². The van der Waals surface area contributed by atoms with Gasteiger partial charge in [0.25, 0.3) is 0 Å². The maximum absolute atomic E-state index is 12.6. The number of rotatable bonds is 4. The summed E-state index contributed by atoms with van der Waals surface area (Å²) in [5, 5.41) is 0.732. The second-order valence-corrected chi connectivity index (χ2v) is 6.34. The van der Waals surface area contributed by atoms with E-state index < -0.39 is 0 Å². The van der Waals surface area contributed by atoms with Crippen LogP contribution in [-0.2, 0) is 20.7 Å². The number of ether oxygens (including phenoxy) is 2. The Morgan fingerprint density at radius 2 is 2.23 bits per heavy atom. The predicted molar refractivity (Wildman–Crippen MR) is 85.0 cm³/mol. The van der Waals surface area contributed by atoms with Crippen molar-refractivity contribution >= 4 is 17.5 Å². The van der Waals surface area contributed by atoms with Crippen LogP contribution in [-0.4, -0.2) is 49.3 Å². The Bertz CT molecular complexity index is 536. The molecule has 2 saturated heterocycles. The highest BCUT2D eigenvalue weighted by atomic mass is 35.5. The first-order chi connectivity index (χ1) is 10.7. The summed E-state index contributed by atoms with van der Waals surface area (Å²) in [6.07, 6.45) is 3.06. The number of fused-ring (bicyclic) bond motifs is 1. The Morgan fingerprint density at radius 1 is 1.41 bits per heavy atom. The molecular formula is C17H22ClNO3. The fourth-order valence-corrected chi connectivity index (χ4v) is 3.76. The highest BCUT2D eigenvalue weighted by Crippen LogP contribution is 2.30. The van der Waals surface area contributed by atoms with Gasteiger partial charge in [0.2, 0.25) is 5.91 Å². The van der Waals surface area contributed by atoms with E-state index in [9.17, 15) is 4.79 Å². The molecule has 2 aliphatic rings. The number of piperidine rings is 1. The van der Waals surface area contributed by atoms with Crippen molar-refractivity contribution in [3.8, 4) is 0 Å². The number of carbonyl (C=O) groups is 1. The molecular weight excluding hydrogens is 302 g/mol. The van der Waals surface area contributed by atoms with Crippen molar-refractivity contribution in [2.45, 2.75) is 43.9 Å². The molecule has 0 radical (unpaired) electrons. The molecule has 2 fully saturated rings. The second-order valence-electron chi connectivity index (χ2n) is 5.93. The van der Waals surface area contributed by atoms with Gasteiger partial charge in [0, 0.05) is 31.7 Å². The highest BCUT2D eigenvalue weighted by molar-refractivity contribution is 6.31. The van der Waals surface area contributed by atoms with Crippen LogP contribution in [0.4, 0.5) is 0 Å². The van der Waals surface area contributed by atoms with E-state index in [1.165, 1.54) is 0 Å². The van der Waals surface area contributed by atoms with Crippen LogP contribution >= 0.6 is 11.6 Å². The normalized spacial score (nSPS) is 27.7. The van der Waals surface area contributed by atoms with E-state index in [0.29, 0.717) is 19.4 Å². The average Bonchev–Trinajstić information content (AvgIpc) is 3.02. The second kappa shape index (κ2) is 6.99. The third-order valence-electron chi connectivity index (χ3n) is 4.71. The van der Waals surface area contributed by atoms with E-state index in [1.807, 2.05) is 29.2 Å². The third kappa shape index (κ3) is 3.14. The number of hydrogen-bond donors (Lipinski definition) is 0. The molecule has 0 unspecified atom stereocenters. The van der Waals surface area contributed by atoms with Gasteiger partial charge in [-0.25, -0.2) is 0 Å². The number of likely N-dealkylation sites (tertiary alicyclic amines) is 1. The van der Waals surface area contributed by atoms with Gasteiger partial charge < -0.3 is 14.4 Å². The molecule has 1 aromatic carbocycles. The molecule has 2 aliphatic heterocycles. The number of amides is 1. The zero-order valence-electron chi connectivity index (χ0n) is 12.8. The summed E-state index contributed by atoms with van der Waals surface area (Å²) in [5.41, 5.74) is 1.03. The van der Waals surface area contributed by atoms with Gasteiger partial charge in [-0.05, 0) is 30.9 Å². The first-order valence-corrected chi connectivity index (χ1v) is 8.26. The lowest BCUT2D eigenvalue weighted by Crippen LogP contribution is -2.55. The lowest BCUT2D eigenvalue weighted by Gasteiger charge is -2.40. The van der Waals surface area contributed by atoms with E-state index in [-0.39, 0.29) is 24.2 Å². The van der Waals surface area contributed by atoms with Crippen LogP contribution in [0, 0.1) is 0 Å². The molecule has 120 valence electrons. The maximum atomic E-state index is 12.6. The minimum atomic E-state index is 0.0306. The maximum Gasteiger partial charge on any atom is 0.223 e. The quantitative estimate of drug-likeness (QED) is 0.855. The van der Waals surface area contributed by atoms with Gasteiger partial charge in [-0.1, -0.05) is 29.8 Å². The summed E-state index contributed by atoms with van der Waals surface area (Å²) in [5.74, 6) is 0.190. The number of carbonyl (C=O) groups excluding carboxylic acids is 1. The Labute approximate surface area is 136 Å². The smallest absolute Gasteiger partial charge is 0.223 e. The summed E-state index contributed by atoms with van der Waals surface area (Å²) >= 11 is 6.16. The monoisotopic (exact) mass is 323 g/mol. The van der Waals surface area contributed by atoms with E-state index in [2.05, 4.69) is 0 Å². The van der Waals surface area contributed by atoms with Crippen molar-refractivity contribution in [1.82, 2.24) is 4.90 Å². The van der Waals surface area contributed by atoms with E-state index in [0.717, 1.165) is 30.0 Å². The summed E-state index contributed by atoms with van der Waals surface area (Å²) in [7, 11) is 1.72. The van der Waals surface area contributed by atoms with Crippen molar-refractivity contribution in [1.29, 1.82) is 0 Å². The standard InChI is InChI=1S/C17H22ClNO3/c1-21-15-8-10-19(14-9-11-22-17(14)15)16(20)7-6-12-4-2-3-5-13(12)18/h2-5,14-15,17H,6-11H2,1H3/t14-,15-,17-/m1/s1. The SMILES string of the molecule is CO[C@@H]1CCN(C(=O)CCc2ccccc2Cl)[C@@H]2CCO[C@H]21. The van der Waals surface area contributed by atoms with Gasteiger partial charge in [0.05, 0.1) is 12.1 Å². The Balaban J connectivity index is 1.62. The molecule has 0 N–H and O–H groups in total. The summed E-state index contributed by atoms with van der Waals surface area (Å²) in [6, 6.07) is 7.87. The first-order valence-electron chi connectivity index (χ1n) is 7.88. The molecule has 2 heterocycles. The summed E-state index contributed by atoms with van der Waals surface area (Å²) in [4.78, 5) is 14.6. The van der Waals surface area contributed by atoms with Crippen LogP contribution in [0.1, 0.15) is 24.8 Å². The van der Waals surface area contributed by atoms with Crippen molar-refractivity contribution in [3.05, 3.63) is 34.9 Å². The van der Waals surface area contributed by atoms with Crippen molar-refractivity contribution in [3.63, 3.8) is 0 Å². The molecule has 4 nitrogen and oxygen atoms in total. The van der Waals surface area contributed by atoms with Crippen LogP contribution in [0.5, 0.6) is 0 Å². The molecule has 5 heteroatoms. The van der Waals surface area contributed by atoms with Crippen LogP contribution in [0.15, 0.2) is 24.3 Å². The Hall–Kier alpha value is -1.10. The van der Waals surface area contributed by atoms with Gasteiger partial charge in [-0.3, -0.25) is 4.79 Å². The van der Waals surface area contributed by atoms with E-state index >= 15 is 0 Å². The van der Waals surface area contributed by atoms with Crippen LogP contribution in [0.25, 0.3) is 0 Å². The number of nitrogens with zero attached hydrogens (tertiary/aromatic N) is 1. The highest BCUT2D eigenvalue weighted by Gasteiger charge is 2.43. The average molecular weight is 324 g/mol. The van der Waals surface area contributed by atoms with Gasteiger partial charge in [0.1, 0.15) is 6.10 Å². The van der Waals surface area contributed by atoms with Crippen molar-refractivity contribution in [2.75, 3.05) is 20.3 Å². The molecule has 0 spiro atoms. The van der Waals surface area contributed by atoms with Crippen LogP contribution in [0.3, 0.4) is 0 Å². The first kappa shape index (κ1) is 15.8. The molecule has 3 rings (SSSR count). The van der Waals surface area contributed by atoms with Gasteiger partial charge in [0.15, 0.2) is 0 Å². The molecule has 0 aliphatic carbocycles. The number of halogens is 1. The minimum absolute atomic E-state index is 0.0306. The minimum Gasteiger partial charge on any atom is -0.379 e. The number of benzene rings is 1. The van der Waals surface area contributed by atoms with Gasteiger partial charge >= 0.3 is 0 Å². The lowest BCUT2D eigenvalue weighted by atomic mass is 9.95.